The first-order valence-electron chi connectivity index (χ1n) is 6.40. The summed E-state index contributed by atoms with van der Waals surface area (Å²) >= 11 is 12.0. The maximum absolute atomic E-state index is 10.0. The molecular formula is C14H20Cl2N2O. The second-order valence-corrected chi connectivity index (χ2v) is 6.68. The Morgan fingerprint density at radius 1 is 1.26 bits per heavy atom. The number of hydrogen-bond donors (Lipinski definition) is 1. The summed E-state index contributed by atoms with van der Waals surface area (Å²) in [4.78, 5) is 4.68. The highest BCUT2D eigenvalue weighted by atomic mass is 35.5. The summed E-state index contributed by atoms with van der Waals surface area (Å²) < 4.78 is 0. The maximum Gasteiger partial charge on any atom is 0.138 e. The van der Waals surface area contributed by atoms with E-state index in [1.165, 1.54) is 0 Å². The summed E-state index contributed by atoms with van der Waals surface area (Å²) in [5, 5.41) is 10.9. The van der Waals surface area contributed by atoms with Gasteiger partial charge in [-0.3, -0.25) is 9.80 Å². The van der Waals surface area contributed by atoms with Crippen molar-refractivity contribution in [2.75, 3.05) is 26.7 Å². The Balaban J connectivity index is 2.14. The van der Waals surface area contributed by atoms with E-state index < -0.39 is 0 Å². The average Bonchev–Trinajstić information content (AvgIpc) is 2.30. The van der Waals surface area contributed by atoms with Crippen LogP contribution >= 0.6 is 23.2 Å². The maximum atomic E-state index is 10.0. The van der Waals surface area contributed by atoms with Gasteiger partial charge >= 0.3 is 0 Å². The summed E-state index contributed by atoms with van der Waals surface area (Å²) in [6.07, 6.45) is 0. The number of likely N-dealkylation sites (N-methyl/N-ethyl adjacent to an activating group) is 1. The number of benzene rings is 1. The Morgan fingerprint density at radius 2 is 1.95 bits per heavy atom. The van der Waals surface area contributed by atoms with Gasteiger partial charge < -0.3 is 5.11 Å². The minimum atomic E-state index is 0.135. The first-order valence-corrected chi connectivity index (χ1v) is 7.16. The van der Waals surface area contributed by atoms with Crippen molar-refractivity contribution in [2.45, 2.75) is 25.9 Å². The van der Waals surface area contributed by atoms with Gasteiger partial charge in [0.2, 0.25) is 0 Å². The fourth-order valence-corrected chi connectivity index (χ4v) is 2.99. The zero-order valence-electron chi connectivity index (χ0n) is 11.6. The molecule has 0 atom stereocenters. The van der Waals surface area contributed by atoms with Crippen molar-refractivity contribution >= 4 is 23.2 Å². The van der Waals surface area contributed by atoms with E-state index in [4.69, 9.17) is 23.2 Å². The third kappa shape index (κ3) is 3.34. The van der Waals surface area contributed by atoms with E-state index >= 15 is 0 Å². The smallest absolute Gasteiger partial charge is 0.138 e. The quantitative estimate of drug-likeness (QED) is 0.908. The molecule has 0 saturated carbocycles. The molecule has 1 aliphatic heterocycles. The molecule has 0 unspecified atom stereocenters. The Morgan fingerprint density at radius 3 is 2.58 bits per heavy atom. The van der Waals surface area contributed by atoms with Crippen LogP contribution < -0.4 is 0 Å². The van der Waals surface area contributed by atoms with Gasteiger partial charge in [-0.25, -0.2) is 0 Å². The molecule has 1 saturated heterocycles. The van der Waals surface area contributed by atoms with Gasteiger partial charge in [0.25, 0.3) is 0 Å². The first kappa shape index (κ1) is 14.9. The number of hydrogen-bond acceptors (Lipinski definition) is 3. The van der Waals surface area contributed by atoms with E-state index in [0.29, 0.717) is 16.6 Å². The van der Waals surface area contributed by atoms with Crippen LogP contribution in [0.2, 0.25) is 10.0 Å². The van der Waals surface area contributed by atoms with E-state index in [1.807, 2.05) is 0 Å². The van der Waals surface area contributed by atoms with Crippen molar-refractivity contribution in [3.05, 3.63) is 27.7 Å². The molecule has 1 aromatic carbocycles. The van der Waals surface area contributed by atoms with Crippen molar-refractivity contribution in [3.63, 3.8) is 0 Å². The number of phenols is 1. The van der Waals surface area contributed by atoms with Gasteiger partial charge in [0.05, 0.1) is 5.02 Å². The standard InChI is InChI=1S/C14H20Cl2N2O/c1-14(2)9-18(5-4-17(14)3)8-10-6-11(15)7-12(16)13(10)19/h6-7,19H,4-5,8-9H2,1-3H3. The molecule has 0 bridgehead atoms. The zero-order valence-corrected chi connectivity index (χ0v) is 13.1. The van der Waals surface area contributed by atoms with Crippen molar-refractivity contribution in [1.29, 1.82) is 0 Å². The van der Waals surface area contributed by atoms with Gasteiger partial charge in [-0.2, -0.15) is 0 Å². The van der Waals surface area contributed by atoms with Gasteiger partial charge in [0, 0.05) is 42.3 Å². The fourth-order valence-electron chi connectivity index (χ4n) is 2.46. The van der Waals surface area contributed by atoms with Crippen LogP contribution in [0.3, 0.4) is 0 Å². The minimum absolute atomic E-state index is 0.135. The summed E-state index contributed by atoms with van der Waals surface area (Å²) in [6, 6.07) is 3.35. The molecule has 1 fully saturated rings. The molecule has 0 aromatic heterocycles. The van der Waals surface area contributed by atoms with Crippen LogP contribution in [-0.2, 0) is 6.54 Å². The van der Waals surface area contributed by atoms with Gasteiger partial charge in [-0.05, 0) is 33.0 Å². The molecule has 19 heavy (non-hydrogen) atoms. The predicted octanol–water partition coefficient (Wildman–Crippen LogP) is 3.23. The lowest BCUT2D eigenvalue weighted by Gasteiger charge is -2.45. The number of aromatic hydroxyl groups is 1. The van der Waals surface area contributed by atoms with Crippen molar-refractivity contribution in [2.24, 2.45) is 0 Å². The lowest BCUT2D eigenvalue weighted by molar-refractivity contribution is 0.0357. The van der Waals surface area contributed by atoms with Crippen LogP contribution in [0.1, 0.15) is 19.4 Å². The van der Waals surface area contributed by atoms with Crippen LogP contribution in [-0.4, -0.2) is 47.1 Å². The summed E-state index contributed by atoms with van der Waals surface area (Å²) in [7, 11) is 2.14. The molecule has 5 heteroatoms. The van der Waals surface area contributed by atoms with Crippen molar-refractivity contribution < 1.29 is 5.11 Å². The number of halogens is 2. The lowest BCUT2D eigenvalue weighted by atomic mass is 9.99. The van der Waals surface area contributed by atoms with Gasteiger partial charge in [0.1, 0.15) is 5.75 Å². The first-order chi connectivity index (χ1) is 8.79. The van der Waals surface area contributed by atoms with Crippen LogP contribution in [0.25, 0.3) is 0 Å². The Hall–Kier alpha value is -0.480. The molecule has 0 amide bonds. The number of phenolic OH excluding ortho intramolecular Hbond substituents is 1. The highest BCUT2D eigenvalue weighted by Gasteiger charge is 2.31. The zero-order chi connectivity index (χ0) is 14.2. The largest absolute Gasteiger partial charge is 0.506 e. The van der Waals surface area contributed by atoms with Crippen molar-refractivity contribution in [1.82, 2.24) is 9.80 Å². The van der Waals surface area contributed by atoms with Crippen LogP contribution in [0.15, 0.2) is 12.1 Å². The second kappa shape index (κ2) is 5.49. The normalized spacial score (nSPS) is 20.7. The Bertz CT molecular complexity index is 477. The second-order valence-electron chi connectivity index (χ2n) is 5.84. The molecular weight excluding hydrogens is 283 g/mol. The van der Waals surface area contributed by atoms with Crippen LogP contribution in [0, 0.1) is 0 Å². The molecule has 0 radical (unpaired) electrons. The monoisotopic (exact) mass is 302 g/mol. The molecule has 1 heterocycles. The molecule has 1 aliphatic rings. The minimum Gasteiger partial charge on any atom is -0.506 e. The third-order valence-electron chi connectivity index (χ3n) is 3.90. The number of rotatable bonds is 2. The SMILES string of the molecule is CN1CCN(Cc2cc(Cl)cc(Cl)c2O)CC1(C)C. The van der Waals surface area contributed by atoms with E-state index in [1.54, 1.807) is 12.1 Å². The van der Waals surface area contributed by atoms with Gasteiger partial charge in [0.15, 0.2) is 0 Å². The molecule has 3 nitrogen and oxygen atoms in total. The number of piperazine rings is 1. The molecule has 0 spiro atoms. The lowest BCUT2D eigenvalue weighted by Crippen LogP contribution is -2.57. The van der Waals surface area contributed by atoms with Gasteiger partial charge in [-0.15, -0.1) is 0 Å². The predicted molar refractivity (Wildman–Crippen MR) is 80.1 cm³/mol. The summed E-state index contributed by atoms with van der Waals surface area (Å²) in [5.41, 5.74) is 0.925. The van der Waals surface area contributed by atoms with E-state index in [0.717, 1.165) is 25.2 Å². The fraction of sp³-hybridized carbons (Fsp3) is 0.571. The highest BCUT2D eigenvalue weighted by Crippen LogP contribution is 2.32. The van der Waals surface area contributed by atoms with E-state index in [2.05, 4.69) is 30.7 Å². The van der Waals surface area contributed by atoms with Crippen LogP contribution in [0.5, 0.6) is 5.75 Å². The molecule has 106 valence electrons. The number of nitrogens with zero attached hydrogens (tertiary/aromatic N) is 2. The summed E-state index contributed by atoms with van der Waals surface area (Å²) in [6.45, 7) is 8.07. The Labute approximate surface area is 124 Å². The molecule has 2 rings (SSSR count). The van der Waals surface area contributed by atoms with Crippen LogP contribution in [0.4, 0.5) is 0 Å². The van der Waals surface area contributed by atoms with E-state index in [-0.39, 0.29) is 11.3 Å². The van der Waals surface area contributed by atoms with Crippen molar-refractivity contribution in [3.8, 4) is 5.75 Å². The summed E-state index contributed by atoms with van der Waals surface area (Å²) in [5.74, 6) is 0.141. The van der Waals surface area contributed by atoms with E-state index in [9.17, 15) is 5.11 Å². The Kier molecular flexibility index (Phi) is 4.31. The topological polar surface area (TPSA) is 26.7 Å². The molecule has 0 aliphatic carbocycles. The third-order valence-corrected chi connectivity index (χ3v) is 4.40. The highest BCUT2D eigenvalue weighted by molar-refractivity contribution is 6.35. The molecule has 1 aromatic rings. The average molecular weight is 303 g/mol. The van der Waals surface area contributed by atoms with Gasteiger partial charge in [-0.1, -0.05) is 23.2 Å². The molecule has 1 N–H and O–H groups in total.